The van der Waals surface area contributed by atoms with Crippen molar-refractivity contribution in [2.75, 3.05) is 12.4 Å². The summed E-state index contributed by atoms with van der Waals surface area (Å²) in [6.45, 7) is 4.62. The van der Waals surface area contributed by atoms with E-state index < -0.39 is 11.9 Å². The number of ether oxygens (including phenoxy) is 1. The molecular formula is C34H35N3O4. The van der Waals surface area contributed by atoms with Gasteiger partial charge >= 0.3 is 0 Å². The summed E-state index contributed by atoms with van der Waals surface area (Å²) in [5.74, 6) is -0.523. The number of nitrogens with one attached hydrogen (secondary N) is 2. The lowest BCUT2D eigenvalue weighted by Gasteiger charge is -2.30. The van der Waals surface area contributed by atoms with Crippen LogP contribution in [0.3, 0.4) is 0 Å². The molecule has 0 unspecified atom stereocenters. The summed E-state index contributed by atoms with van der Waals surface area (Å²) in [6.07, 6.45) is 0. The fourth-order valence-electron chi connectivity index (χ4n) is 4.48. The fraction of sp³-hybridized carbons (Fsp3) is 0.206. The van der Waals surface area contributed by atoms with Crippen LogP contribution in [-0.2, 0) is 17.9 Å². The van der Waals surface area contributed by atoms with Crippen LogP contribution in [0, 0.1) is 5.92 Å². The molecule has 7 nitrogen and oxygen atoms in total. The second kappa shape index (κ2) is 13.9. The number of carbonyl (C=O) groups excluding carboxylic acids is 3. The van der Waals surface area contributed by atoms with Gasteiger partial charge in [-0.3, -0.25) is 14.4 Å². The Kier molecular flexibility index (Phi) is 9.89. The van der Waals surface area contributed by atoms with Crippen molar-refractivity contribution >= 4 is 23.4 Å². The highest BCUT2D eigenvalue weighted by Gasteiger charge is 2.30. The molecule has 0 radical (unpaired) electrons. The van der Waals surface area contributed by atoms with E-state index in [9.17, 15) is 14.4 Å². The maximum atomic E-state index is 14.0. The van der Waals surface area contributed by atoms with Crippen LogP contribution >= 0.6 is 0 Å². The molecule has 41 heavy (non-hydrogen) atoms. The van der Waals surface area contributed by atoms with Crippen molar-refractivity contribution in [3.05, 3.63) is 131 Å². The van der Waals surface area contributed by atoms with Gasteiger partial charge in [-0.1, -0.05) is 86.6 Å². The third-order valence-electron chi connectivity index (χ3n) is 6.74. The molecule has 0 saturated heterocycles. The number of amides is 3. The van der Waals surface area contributed by atoms with Gasteiger partial charge < -0.3 is 20.3 Å². The van der Waals surface area contributed by atoms with E-state index in [-0.39, 0.29) is 23.3 Å². The highest BCUT2D eigenvalue weighted by molar-refractivity contribution is 6.09. The van der Waals surface area contributed by atoms with Crippen LogP contribution in [0.1, 0.15) is 45.7 Å². The number of carbonyl (C=O) groups is 3. The van der Waals surface area contributed by atoms with Gasteiger partial charge in [-0.2, -0.15) is 0 Å². The van der Waals surface area contributed by atoms with Gasteiger partial charge in [-0.25, -0.2) is 0 Å². The average molecular weight is 550 g/mol. The lowest BCUT2D eigenvalue weighted by atomic mass is 10.0. The number of hydrogen-bond donors (Lipinski definition) is 2. The molecule has 0 aliphatic rings. The quantitative estimate of drug-likeness (QED) is 0.243. The maximum absolute atomic E-state index is 14.0. The minimum absolute atomic E-state index is 0.179. The van der Waals surface area contributed by atoms with E-state index >= 15 is 0 Å². The van der Waals surface area contributed by atoms with E-state index in [1.54, 1.807) is 60.5 Å². The van der Waals surface area contributed by atoms with E-state index in [0.29, 0.717) is 30.1 Å². The van der Waals surface area contributed by atoms with Crippen LogP contribution in [0.15, 0.2) is 109 Å². The van der Waals surface area contributed by atoms with Crippen LogP contribution in [0.4, 0.5) is 5.69 Å². The maximum Gasteiger partial charge on any atom is 0.255 e. The van der Waals surface area contributed by atoms with Crippen LogP contribution in [0.5, 0.6) is 5.75 Å². The zero-order valence-corrected chi connectivity index (χ0v) is 23.5. The van der Waals surface area contributed by atoms with Gasteiger partial charge in [0.25, 0.3) is 11.8 Å². The molecule has 2 N–H and O–H groups in total. The monoisotopic (exact) mass is 549 g/mol. The number of para-hydroxylation sites is 1. The molecule has 4 rings (SSSR count). The second-order valence-corrected chi connectivity index (χ2v) is 10.1. The summed E-state index contributed by atoms with van der Waals surface area (Å²) >= 11 is 0. The lowest BCUT2D eigenvalue weighted by Crippen LogP contribution is -2.51. The smallest absolute Gasteiger partial charge is 0.255 e. The van der Waals surface area contributed by atoms with Gasteiger partial charge in [0.05, 0.1) is 18.4 Å². The minimum atomic E-state index is -0.778. The molecule has 1 atom stereocenters. The summed E-state index contributed by atoms with van der Waals surface area (Å²) in [4.78, 5) is 42.3. The van der Waals surface area contributed by atoms with Crippen LogP contribution in [0.2, 0.25) is 0 Å². The predicted octanol–water partition coefficient (Wildman–Crippen LogP) is 5.93. The Morgan fingerprint density at radius 1 is 0.707 bits per heavy atom. The first-order valence-electron chi connectivity index (χ1n) is 13.6. The van der Waals surface area contributed by atoms with Gasteiger partial charge in [0.15, 0.2) is 0 Å². The van der Waals surface area contributed by atoms with E-state index in [1.807, 2.05) is 74.5 Å². The molecule has 0 aliphatic carbocycles. The molecule has 210 valence electrons. The highest BCUT2D eigenvalue weighted by Crippen LogP contribution is 2.20. The Bertz CT molecular complexity index is 1410. The lowest BCUT2D eigenvalue weighted by molar-refractivity contribution is -0.135. The summed E-state index contributed by atoms with van der Waals surface area (Å²) in [7, 11) is 1.56. The number of anilines is 1. The summed E-state index contributed by atoms with van der Waals surface area (Å²) in [5, 5.41) is 5.78. The third kappa shape index (κ3) is 7.82. The molecule has 0 bridgehead atoms. The summed E-state index contributed by atoms with van der Waals surface area (Å²) < 4.78 is 5.16. The average Bonchev–Trinajstić information content (AvgIpc) is 3.00. The minimum Gasteiger partial charge on any atom is -0.497 e. The van der Waals surface area contributed by atoms with E-state index in [4.69, 9.17) is 4.74 Å². The molecule has 0 fully saturated rings. The molecule has 0 saturated carbocycles. The SMILES string of the molecule is COc1ccc(C(=O)Nc2ccccc2C(=O)N[C@H](C(=O)N(Cc2ccccc2)Cc2ccccc2)C(C)C)cc1. The van der Waals surface area contributed by atoms with Gasteiger partial charge in [0.2, 0.25) is 5.91 Å². The van der Waals surface area contributed by atoms with Crippen molar-refractivity contribution in [2.45, 2.75) is 33.0 Å². The largest absolute Gasteiger partial charge is 0.497 e. The van der Waals surface area contributed by atoms with E-state index in [0.717, 1.165) is 11.1 Å². The first-order valence-corrected chi connectivity index (χ1v) is 13.6. The molecule has 0 aliphatic heterocycles. The molecule has 0 spiro atoms. The van der Waals surface area contributed by atoms with Gasteiger partial charge in [-0.05, 0) is 53.4 Å². The zero-order chi connectivity index (χ0) is 29.2. The fourth-order valence-corrected chi connectivity index (χ4v) is 4.48. The van der Waals surface area contributed by atoms with Crippen LogP contribution in [-0.4, -0.2) is 35.8 Å². The van der Waals surface area contributed by atoms with Gasteiger partial charge in [-0.15, -0.1) is 0 Å². The topological polar surface area (TPSA) is 87.7 Å². The van der Waals surface area contributed by atoms with Crippen molar-refractivity contribution in [1.82, 2.24) is 10.2 Å². The predicted molar refractivity (Wildman–Crippen MR) is 161 cm³/mol. The summed E-state index contributed by atoms with van der Waals surface area (Å²) in [5.41, 5.74) is 3.04. The number of methoxy groups -OCH3 is 1. The summed E-state index contributed by atoms with van der Waals surface area (Å²) in [6, 6.07) is 32.3. The highest BCUT2D eigenvalue weighted by atomic mass is 16.5. The van der Waals surface area contributed by atoms with Crippen molar-refractivity contribution in [3.8, 4) is 5.75 Å². The van der Waals surface area contributed by atoms with Crippen molar-refractivity contribution in [3.63, 3.8) is 0 Å². The molecule has 0 heterocycles. The molecule has 7 heteroatoms. The molecule has 0 aromatic heterocycles. The van der Waals surface area contributed by atoms with Crippen molar-refractivity contribution in [2.24, 2.45) is 5.92 Å². The van der Waals surface area contributed by atoms with Gasteiger partial charge in [0, 0.05) is 18.7 Å². The molecule has 4 aromatic rings. The normalized spacial score (nSPS) is 11.4. The zero-order valence-electron chi connectivity index (χ0n) is 23.5. The number of hydrogen-bond acceptors (Lipinski definition) is 4. The number of benzene rings is 4. The molecule has 3 amide bonds. The Morgan fingerprint density at radius 3 is 1.78 bits per heavy atom. The van der Waals surface area contributed by atoms with Crippen LogP contribution < -0.4 is 15.4 Å². The van der Waals surface area contributed by atoms with Crippen molar-refractivity contribution < 1.29 is 19.1 Å². The third-order valence-corrected chi connectivity index (χ3v) is 6.74. The van der Waals surface area contributed by atoms with E-state index in [1.165, 1.54) is 0 Å². The standard InChI is InChI=1S/C34H35N3O4/c1-24(2)31(34(40)37(22-25-12-6-4-7-13-25)23-26-14-8-5-9-15-26)36-33(39)29-16-10-11-17-30(29)35-32(38)27-18-20-28(41-3)21-19-27/h4-21,24,31H,22-23H2,1-3H3,(H,35,38)(H,36,39)/t31-/m0/s1. The first-order chi connectivity index (χ1) is 19.9. The Labute approximate surface area is 241 Å². The molecular weight excluding hydrogens is 514 g/mol. The molecule has 4 aromatic carbocycles. The van der Waals surface area contributed by atoms with E-state index in [2.05, 4.69) is 10.6 Å². The number of rotatable bonds is 11. The Hall–Kier alpha value is -4.91. The van der Waals surface area contributed by atoms with Crippen LogP contribution in [0.25, 0.3) is 0 Å². The Balaban J connectivity index is 1.54. The van der Waals surface area contributed by atoms with Crippen molar-refractivity contribution in [1.29, 1.82) is 0 Å². The number of nitrogens with zero attached hydrogens (tertiary/aromatic N) is 1. The first kappa shape index (κ1) is 29.1. The Morgan fingerprint density at radius 2 is 1.24 bits per heavy atom. The van der Waals surface area contributed by atoms with Gasteiger partial charge in [0.1, 0.15) is 11.8 Å². The second-order valence-electron chi connectivity index (χ2n) is 10.1.